The highest BCUT2D eigenvalue weighted by Crippen LogP contribution is 2.40. The number of nitrogens with zero attached hydrogens (tertiary/aromatic N) is 2. The lowest BCUT2D eigenvalue weighted by molar-refractivity contribution is -0.132. The summed E-state index contributed by atoms with van der Waals surface area (Å²) in [6.45, 7) is 9.77. The standard InChI is InChI=1S/C32H26N4O12/c1-7-8(2)21-12(6)23-13(27(37)38)14(28(39)40)25(35-23)18(32(47)48)26-16(30(43)44)15(29(41)42)24(36-26)17(31(45)46)22-10(4)9(3)20(34-22)11(5)19(7)33-21/h34-35H,1-6H3,(H,37,38)(H,39,40)(H,41,42)(H,43,44)(H,45,46)(H,47,48). The molecule has 3 aromatic heterocycles. The molecular weight excluding hydrogens is 632 g/mol. The molecule has 3 aromatic rings. The van der Waals surface area contributed by atoms with Crippen molar-refractivity contribution in [1.82, 2.24) is 19.9 Å². The zero-order valence-electron chi connectivity index (χ0n) is 26.0. The Bertz CT molecular complexity index is 2370. The number of aromatic nitrogens is 4. The predicted octanol–water partition coefficient (Wildman–Crippen LogP) is 4.37. The highest BCUT2D eigenvalue weighted by molar-refractivity contribution is 6.39. The van der Waals surface area contributed by atoms with Gasteiger partial charge in [-0.3, -0.25) is 0 Å². The smallest absolute Gasteiger partial charge is 0.340 e. The van der Waals surface area contributed by atoms with E-state index in [2.05, 4.69) is 15.0 Å². The third kappa shape index (κ3) is 4.52. The van der Waals surface area contributed by atoms with Crippen LogP contribution in [0, 0.1) is 27.7 Å². The number of carbonyl (C=O) groups is 6. The van der Waals surface area contributed by atoms with Gasteiger partial charge in [0, 0.05) is 5.52 Å². The Morgan fingerprint density at radius 3 is 1.12 bits per heavy atom. The molecule has 246 valence electrons. The molecule has 0 aromatic carbocycles. The van der Waals surface area contributed by atoms with E-state index >= 15 is 0 Å². The van der Waals surface area contributed by atoms with Crippen LogP contribution in [-0.4, -0.2) is 86.4 Å². The van der Waals surface area contributed by atoms with E-state index in [-0.39, 0.29) is 22.3 Å². The molecule has 2 aliphatic rings. The zero-order chi connectivity index (χ0) is 35.8. The number of carboxylic acids is 6. The maximum atomic E-state index is 12.9. The quantitative estimate of drug-likeness (QED) is 0.183. The molecule has 8 N–H and O–H groups in total. The fourth-order valence-corrected chi connectivity index (χ4v) is 6.20. The van der Waals surface area contributed by atoms with Crippen molar-refractivity contribution in [3.63, 3.8) is 0 Å². The SMILES string of the molecule is CC1=C(C)c2nc1c(C)c1[nH]c(c(C)c1C)c(C(=O)O)c1nc(c(C(=O)O)c3[nH]c(c2C)c(C(=O)O)c3C(=O)O)C(C(=O)O)=C1C(=O)O. The zero-order valence-corrected chi connectivity index (χ0v) is 26.0. The number of aliphatic carboxylic acids is 2. The third-order valence-corrected chi connectivity index (χ3v) is 8.72. The second kappa shape index (κ2) is 11.0. The predicted molar refractivity (Wildman–Crippen MR) is 168 cm³/mol. The molecule has 0 atom stereocenters. The van der Waals surface area contributed by atoms with Crippen molar-refractivity contribution in [3.8, 4) is 0 Å². The average molecular weight is 659 g/mol. The first-order valence-corrected chi connectivity index (χ1v) is 14.0. The first kappa shape index (κ1) is 32.8. The summed E-state index contributed by atoms with van der Waals surface area (Å²) in [6, 6.07) is 0. The highest BCUT2D eigenvalue weighted by Gasteiger charge is 2.39. The number of hydrogen-bond donors (Lipinski definition) is 8. The lowest BCUT2D eigenvalue weighted by atomic mass is 9.98. The summed E-state index contributed by atoms with van der Waals surface area (Å²) in [5.74, 6) is -11.5. The molecule has 16 nitrogen and oxygen atoms in total. The Balaban J connectivity index is 2.34. The maximum Gasteiger partial charge on any atom is 0.340 e. The van der Waals surface area contributed by atoms with Gasteiger partial charge >= 0.3 is 35.8 Å². The molecule has 48 heavy (non-hydrogen) atoms. The number of carboxylic acid groups (broad SMARTS) is 6. The number of allylic oxidation sites excluding steroid dienone is 2. The van der Waals surface area contributed by atoms with Crippen LogP contribution in [0.1, 0.15) is 100 Å². The van der Waals surface area contributed by atoms with E-state index < -0.39 is 86.1 Å². The topological polar surface area (TPSA) is 281 Å². The van der Waals surface area contributed by atoms with E-state index in [1.54, 1.807) is 34.6 Å². The highest BCUT2D eigenvalue weighted by atomic mass is 16.4. The molecule has 0 aliphatic carbocycles. The second-order valence-electron chi connectivity index (χ2n) is 11.2. The summed E-state index contributed by atoms with van der Waals surface area (Å²) in [5, 5.41) is 61.8. The van der Waals surface area contributed by atoms with Crippen LogP contribution >= 0.6 is 0 Å². The first-order chi connectivity index (χ1) is 22.3. The monoisotopic (exact) mass is 658 g/mol. The summed E-state index contributed by atoms with van der Waals surface area (Å²) in [6.07, 6.45) is 0. The van der Waals surface area contributed by atoms with Crippen molar-refractivity contribution in [3.05, 3.63) is 67.3 Å². The van der Waals surface area contributed by atoms with Crippen LogP contribution < -0.4 is 0 Å². The van der Waals surface area contributed by atoms with Gasteiger partial charge in [0.1, 0.15) is 27.8 Å². The molecule has 0 saturated carbocycles. The van der Waals surface area contributed by atoms with Gasteiger partial charge in [0.05, 0.1) is 44.9 Å². The Hall–Kier alpha value is -6.58. The van der Waals surface area contributed by atoms with Crippen molar-refractivity contribution in [2.45, 2.75) is 41.5 Å². The lowest BCUT2D eigenvalue weighted by Gasteiger charge is -2.04. The molecule has 0 radical (unpaired) electrons. The number of aromatic carboxylic acids is 4. The number of hydrogen-bond acceptors (Lipinski definition) is 8. The maximum absolute atomic E-state index is 12.9. The van der Waals surface area contributed by atoms with Crippen LogP contribution in [0.2, 0.25) is 0 Å². The van der Waals surface area contributed by atoms with Crippen molar-refractivity contribution in [2.75, 3.05) is 0 Å². The van der Waals surface area contributed by atoms with Crippen LogP contribution in [-0.2, 0) is 9.59 Å². The molecule has 5 heterocycles. The summed E-state index contributed by atoms with van der Waals surface area (Å²) in [7, 11) is 0. The third-order valence-electron chi connectivity index (χ3n) is 8.72. The fraction of sp³-hybridized carbons (Fsp3) is 0.188. The molecule has 0 spiro atoms. The van der Waals surface area contributed by atoms with Gasteiger partial charge in [0.2, 0.25) is 0 Å². The van der Waals surface area contributed by atoms with E-state index in [4.69, 9.17) is 4.98 Å². The minimum Gasteiger partial charge on any atom is -0.478 e. The molecule has 8 bridgehead atoms. The fourth-order valence-electron chi connectivity index (χ4n) is 6.20. The van der Waals surface area contributed by atoms with Crippen LogP contribution in [0.25, 0.3) is 44.4 Å². The van der Waals surface area contributed by atoms with E-state index in [0.29, 0.717) is 39.0 Å². The number of aryl methyl sites for hydroxylation is 4. The van der Waals surface area contributed by atoms with Crippen molar-refractivity contribution < 1.29 is 59.4 Å². The lowest BCUT2D eigenvalue weighted by Crippen LogP contribution is -2.12. The summed E-state index contributed by atoms with van der Waals surface area (Å²) in [5.41, 5.74) is -6.31. The molecule has 0 unspecified atom stereocenters. The van der Waals surface area contributed by atoms with Crippen LogP contribution in [0.15, 0.2) is 0 Å². The molecule has 0 saturated heterocycles. The largest absolute Gasteiger partial charge is 0.478 e. The van der Waals surface area contributed by atoms with Gasteiger partial charge < -0.3 is 40.6 Å². The van der Waals surface area contributed by atoms with E-state index in [9.17, 15) is 59.4 Å². The molecule has 16 heteroatoms. The molecule has 0 fully saturated rings. The number of rotatable bonds is 6. The number of nitrogens with one attached hydrogen (secondary N) is 2. The Morgan fingerprint density at radius 1 is 0.396 bits per heavy atom. The van der Waals surface area contributed by atoms with Crippen molar-refractivity contribution >= 4 is 80.2 Å². The molecule has 0 amide bonds. The first-order valence-electron chi connectivity index (χ1n) is 14.0. The second-order valence-corrected chi connectivity index (χ2v) is 11.2. The summed E-state index contributed by atoms with van der Waals surface area (Å²) < 4.78 is 0. The number of aromatic amines is 2. The Labute approximate surface area is 268 Å². The van der Waals surface area contributed by atoms with E-state index in [1.807, 2.05) is 0 Å². The van der Waals surface area contributed by atoms with Gasteiger partial charge in [-0.15, -0.1) is 0 Å². The Morgan fingerprint density at radius 2 is 0.708 bits per heavy atom. The van der Waals surface area contributed by atoms with Gasteiger partial charge in [0.15, 0.2) is 0 Å². The summed E-state index contributed by atoms with van der Waals surface area (Å²) >= 11 is 0. The van der Waals surface area contributed by atoms with Gasteiger partial charge in [-0.1, -0.05) is 0 Å². The van der Waals surface area contributed by atoms with Crippen LogP contribution in [0.3, 0.4) is 0 Å². The number of H-pyrrole nitrogens is 2. The van der Waals surface area contributed by atoms with Crippen molar-refractivity contribution in [2.24, 2.45) is 0 Å². The van der Waals surface area contributed by atoms with Gasteiger partial charge in [-0.25, -0.2) is 38.7 Å². The Kier molecular flexibility index (Phi) is 7.55. The van der Waals surface area contributed by atoms with Crippen LogP contribution in [0.4, 0.5) is 0 Å². The average Bonchev–Trinajstić information content (AvgIpc) is 3.71. The van der Waals surface area contributed by atoms with Crippen molar-refractivity contribution in [1.29, 1.82) is 0 Å². The van der Waals surface area contributed by atoms with Gasteiger partial charge in [-0.2, -0.15) is 0 Å². The van der Waals surface area contributed by atoms with E-state index in [1.165, 1.54) is 6.92 Å². The summed E-state index contributed by atoms with van der Waals surface area (Å²) in [4.78, 5) is 90.6. The molecular formula is C32H26N4O12. The number of fused-ring (bicyclic) bond motifs is 8. The normalized spacial score (nSPS) is 12.8. The van der Waals surface area contributed by atoms with Crippen LogP contribution in [0.5, 0.6) is 0 Å². The van der Waals surface area contributed by atoms with Gasteiger partial charge in [0.25, 0.3) is 0 Å². The minimum atomic E-state index is -2.03. The minimum absolute atomic E-state index is 0.0973. The molecule has 2 aliphatic heterocycles. The van der Waals surface area contributed by atoms with E-state index in [0.717, 1.165) is 0 Å². The molecule has 5 rings (SSSR count). The van der Waals surface area contributed by atoms with Gasteiger partial charge in [-0.05, 0) is 74.9 Å².